The number of hydrazine groups is 1. The number of carboxylic acid groups (broad SMARTS) is 1. The Kier molecular flexibility index (Phi) is 9.54. The third kappa shape index (κ3) is 6.79. The first-order valence-electron chi connectivity index (χ1n) is 13.7. The largest absolute Gasteiger partial charge is 0.480 e. The molecule has 1 fully saturated rings. The molecule has 0 bridgehead atoms. The average Bonchev–Trinajstić information content (AvgIpc) is 3.40. The molecule has 2 aromatic carbocycles. The van der Waals surface area contributed by atoms with Crippen molar-refractivity contribution >= 4 is 52.0 Å². The first kappa shape index (κ1) is 31.2. The number of likely N-dealkylation sites (tertiary alicyclic amines) is 1. The maximum absolute atomic E-state index is 13.3. The summed E-state index contributed by atoms with van der Waals surface area (Å²) in [7, 11) is 0. The molecule has 1 saturated heterocycles. The smallest absolute Gasteiger partial charge is 0.327 e. The zero-order valence-corrected chi connectivity index (χ0v) is 24.4. The number of aliphatic hydroxyl groups excluding tert-OH is 2. The van der Waals surface area contributed by atoms with E-state index in [0.29, 0.717) is 29.7 Å². The van der Waals surface area contributed by atoms with Crippen LogP contribution in [0.25, 0.3) is 11.0 Å². The highest BCUT2D eigenvalue weighted by Crippen LogP contribution is 2.35. The van der Waals surface area contributed by atoms with Crippen molar-refractivity contribution < 1.29 is 34.1 Å². The zero-order valence-electron chi connectivity index (χ0n) is 22.9. The first-order valence-corrected chi connectivity index (χ1v) is 14.4. The van der Waals surface area contributed by atoms with Gasteiger partial charge in [0.2, 0.25) is 0 Å². The lowest BCUT2D eigenvalue weighted by molar-refractivity contribution is -0.139. The number of carbonyl (C=O) groups is 3. The minimum absolute atomic E-state index is 0.00850. The number of hydrogen-bond donors (Lipinski definition) is 7. The molecule has 4 atom stereocenters. The summed E-state index contributed by atoms with van der Waals surface area (Å²) >= 11 is 13.1. The highest BCUT2D eigenvalue weighted by molar-refractivity contribution is 6.40. The molecule has 3 aromatic rings. The number of benzene rings is 2. The number of aliphatic carboxylic acids is 1. The normalized spacial score (nSPS) is 20.4. The molecule has 3 heterocycles. The summed E-state index contributed by atoms with van der Waals surface area (Å²) in [5.41, 5.74) is 4.34. The molecule has 2 amide bonds. The molecule has 2 aliphatic heterocycles. The topological polar surface area (TPSA) is 194 Å². The van der Waals surface area contributed by atoms with Crippen LogP contribution in [0.2, 0.25) is 10.0 Å². The van der Waals surface area contributed by atoms with Crippen LogP contribution in [0.1, 0.15) is 38.5 Å². The number of furan rings is 1. The Bertz CT molecular complexity index is 1490. The Morgan fingerprint density at radius 1 is 1.12 bits per heavy atom. The number of fused-ring (bicyclic) bond motifs is 2. The Balaban J connectivity index is 1.27. The number of rotatable bonds is 9. The third-order valence-electron chi connectivity index (χ3n) is 7.63. The second kappa shape index (κ2) is 13.2. The van der Waals surface area contributed by atoms with Gasteiger partial charge in [-0.1, -0.05) is 41.4 Å². The van der Waals surface area contributed by atoms with Gasteiger partial charge in [-0.2, -0.15) is 0 Å². The van der Waals surface area contributed by atoms with Crippen molar-refractivity contribution in [1.29, 1.82) is 0 Å². The summed E-state index contributed by atoms with van der Waals surface area (Å²) in [4.78, 5) is 41.7. The molecule has 0 radical (unpaired) electrons. The fourth-order valence-electron chi connectivity index (χ4n) is 5.52. The van der Waals surface area contributed by atoms with Crippen LogP contribution in [0.3, 0.4) is 0 Å². The number of hydrogen-bond acceptors (Lipinski definition) is 10. The number of para-hydroxylation sites is 1. The van der Waals surface area contributed by atoms with E-state index >= 15 is 0 Å². The van der Waals surface area contributed by atoms with Crippen LogP contribution in [-0.2, 0) is 17.8 Å². The Morgan fingerprint density at radius 3 is 2.51 bits per heavy atom. The van der Waals surface area contributed by atoms with Crippen molar-refractivity contribution in [2.45, 2.75) is 43.9 Å². The minimum Gasteiger partial charge on any atom is -0.480 e. The van der Waals surface area contributed by atoms with Gasteiger partial charge in [0.1, 0.15) is 17.9 Å². The predicted octanol–water partition coefficient (Wildman–Crippen LogP) is 0.885. The van der Waals surface area contributed by atoms with Crippen LogP contribution in [0.5, 0.6) is 0 Å². The van der Waals surface area contributed by atoms with Crippen LogP contribution in [0.15, 0.2) is 40.8 Å². The van der Waals surface area contributed by atoms with Gasteiger partial charge >= 0.3 is 5.97 Å². The molecule has 0 spiro atoms. The zero-order chi connectivity index (χ0) is 30.8. The number of nitrogens with zero attached hydrogens (tertiary/aromatic N) is 2. The number of carbonyl (C=O) groups excluding carboxylic acids is 2. The summed E-state index contributed by atoms with van der Waals surface area (Å²) < 4.78 is 5.73. The van der Waals surface area contributed by atoms with Crippen molar-refractivity contribution in [2.75, 3.05) is 26.2 Å². The van der Waals surface area contributed by atoms with Crippen LogP contribution < -0.4 is 21.9 Å². The Labute approximate surface area is 256 Å². The van der Waals surface area contributed by atoms with Gasteiger partial charge in [0.15, 0.2) is 5.76 Å². The molecule has 13 nitrogen and oxygen atoms in total. The van der Waals surface area contributed by atoms with E-state index in [1.165, 1.54) is 0 Å². The van der Waals surface area contributed by atoms with E-state index in [4.69, 9.17) is 33.5 Å². The Hall–Kier alpha value is -3.27. The number of amides is 2. The van der Waals surface area contributed by atoms with Gasteiger partial charge in [-0.25, -0.2) is 10.2 Å². The third-order valence-corrected chi connectivity index (χ3v) is 8.35. The molecule has 1 aromatic heterocycles. The van der Waals surface area contributed by atoms with E-state index in [-0.39, 0.29) is 59.9 Å². The first-order chi connectivity index (χ1) is 20.5. The summed E-state index contributed by atoms with van der Waals surface area (Å²) in [5.74, 6) is 3.44. The van der Waals surface area contributed by atoms with E-state index in [1.807, 2.05) is 18.2 Å². The molecule has 230 valence electrons. The molecule has 15 heteroatoms. The van der Waals surface area contributed by atoms with Crippen LogP contribution in [0, 0.1) is 0 Å². The minimum atomic E-state index is -1.40. The maximum Gasteiger partial charge on any atom is 0.327 e. The second-order valence-electron chi connectivity index (χ2n) is 10.6. The summed E-state index contributed by atoms with van der Waals surface area (Å²) in [6.45, 7) is 0.662. The number of nitrogens with one attached hydrogen (secondary N) is 3. The number of piperidine rings is 1. The van der Waals surface area contributed by atoms with E-state index in [2.05, 4.69) is 16.1 Å². The standard InChI is InChI=1S/C28H32Cl2N6O7/c29-19-7-15-11-35(26(40)22-8-14-3-1-2-4-21(14)43-22)6-5-18(15)24(30)23(19)25(39)33-20(27(41)42)10-32-28(34-31)36-12-16(37)9-17(38)13-36/h1-4,7-8,16-17,20,28,32,34,37-38H,5-6,9-13,31H2,(H,33,39)(H,41,42)/t16-,17+,20-,28?/m0/s1. The van der Waals surface area contributed by atoms with Crippen molar-refractivity contribution in [3.05, 3.63) is 68.9 Å². The van der Waals surface area contributed by atoms with Gasteiger partial charge < -0.3 is 30.0 Å². The number of carboxylic acids is 1. The number of β-amino-alcohol motifs (C(OH)–C–C–N with tert-alkyl or cyclic N) is 2. The van der Waals surface area contributed by atoms with E-state index < -0.39 is 36.4 Å². The van der Waals surface area contributed by atoms with E-state index in [1.54, 1.807) is 28.0 Å². The van der Waals surface area contributed by atoms with Crippen molar-refractivity contribution in [3.63, 3.8) is 0 Å². The average molecular weight is 636 g/mol. The van der Waals surface area contributed by atoms with Crippen molar-refractivity contribution in [1.82, 2.24) is 25.9 Å². The summed E-state index contributed by atoms with van der Waals surface area (Å²) in [6.07, 6.45) is -1.77. The number of halogens is 2. The molecular weight excluding hydrogens is 603 g/mol. The van der Waals surface area contributed by atoms with Gasteiger partial charge in [-0.05, 0) is 35.7 Å². The fourth-order valence-corrected chi connectivity index (χ4v) is 6.28. The Morgan fingerprint density at radius 2 is 1.84 bits per heavy atom. The van der Waals surface area contributed by atoms with E-state index in [9.17, 15) is 29.7 Å². The monoisotopic (exact) mass is 634 g/mol. The van der Waals surface area contributed by atoms with Gasteiger partial charge in [-0.15, -0.1) is 0 Å². The van der Waals surface area contributed by atoms with Gasteiger partial charge in [0.05, 0.1) is 27.8 Å². The van der Waals surface area contributed by atoms with Crippen molar-refractivity contribution in [2.24, 2.45) is 5.84 Å². The second-order valence-corrected chi connectivity index (χ2v) is 11.4. The van der Waals surface area contributed by atoms with Crippen LogP contribution in [-0.4, -0.2) is 93.6 Å². The van der Waals surface area contributed by atoms with Gasteiger partial charge in [-0.3, -0.25) is 25.6 Å². The molecule has 0 aliphatic carbocycles. The molecule has 0 saturated carbocycles. The van der Waals surface area contributed by atoms with Crippen LogP contribution in [0.4, 0.5) is 0 Å². The van der Waals surface area contributed by atoms with Gasteiger partial charge in [0, 0.05) is 44.5 Å². The lowest BCUT2D eigenvalue weighted by atomic mass is 9.96. The maximum atomic E-state index is 13.3. The molecule has 43 heavy (non-hydrogen) atoms. The molecular formula is C28H32Cl2N6O7. The van der Waals surface area contributed by atoms with Crippen molar-refractivity contribution in [3.8, 4) is 0 Å². The SMILES string of the molecule is NNC(NC[C@H](NC(=O)c1c(Cl)cc2c(c1Cl)CCN(C(=O)c1cc3ccccc3o1)C2)C(=O)O)N1C[C@H](O)C[C@H](O)C1. The fraction of sp³-hybridized carbons (Fsp3) is 0.393. The van der Waals surface area contributed by atoms with Gasteiger partial charge in [0.25, 0.3) is 11.8 Å². The molecule has 2 aliphatic rings. The molecule has 8 N–H and O–H groups in total. The lowest BCUT2D eigenvalue weighted by Gasteiger charge is -2.38. The summed E-state index contributed by atoms with van der Waals surface area (Å²) in [6, 6.07) is 9.18. The molecule has 5 rings (SSSR count). The van der Waals surface area contributed by atoms with E-state index in [0.717, 1.165) is 5.39 Å². The predicted molar refractivity (Wildman–Crippen MR) is 157 cm³/mol. The highest BCUT2D eigenvalue weighted by Gasteiger charge is 2.32. The quantitative estimate of drug-likeness (QED) is 0.100. The lowest BCUT2D eigenvalue weighted by Crippen LogP contribution is -2.64. The highest BCUT2D eigenvalue weighted by atomic mass is 35.5. The molecule has 1 unspecified atom stereocenters. The summed E-state index contributed by atoms with van der Waals surface area (Å²) in [5, 5.41) is 36.0. The number of aliphatic hydroxyl groups is 2. The number of nitrogens with two attached hydrogens (primary N) is 1. The van der Waals surface area contributed by atoms with Crippen LogP contribution >= 0.6 is 23.2 Å².